The van der Waals surface area contributed by atoms with Gasteiger partial charge in [-0.15, -0.1) is 0 Å². The zero-order valence-electron chi connectivity index (χ0n) is 11.7. The van der Waals surface area contributed by atoms with E-state index in [9.17, 15) is 14.9 Å². The standard InChI is InChI=1S/C13H18N4O4/c1-21-12-3-2-10(17(19)20)6-9(12)8-16-5-4-15-7-11(16)13(14)18/h2-3,6,11,15H,4-5,7-8H2,1H3,(H2,14,18). The highest BCUT2D eigenvalue weighted by Crippen LogP contribution is 2.26. The zero-order valence-corrected chi connectivity index (χ0v) is 11.7. The summed E-state index contributed by atoms with van der Waals surface area (Å²) in [6, 6.07) is 4.00. The molecule has 3 N–H and O–H groups in total. The van der Waals surface area contributed by atoms with Crippen LogP contribution in [0.2, 0.25) is 0 Å². The van der Waals surface area contributed by atoms with E-state index in [2.05, 4.69) is 5.32 Å². The van der Waals surface area contributed by atoms with Crippen LogP contribution in [0.3, 0.4) is 0 Å². The van der Waals surface area contributed by atoms with Gasteiger partial charge in [0.15, 0.2) is 0 Å². The zero-order chi connectivity index (χ0) is 15.4. The van der Waals surface area contributed by atoms with Crippen molar-refractivity contribution in [1.29, 1.82) is 0 Å². The molecular formula is C13H18N4O4. The predicted molar refractivity (Wildman–Crippen MR) is 75.9 cm³/mol. The van der Waals surface area contributed by atoms with Crippen molar-refractivity contribution >= 4 is 11.6 Å². The van der Waals surface area contributed by atoms with Gasteiger partial charge in [-0.25, -0.2) is 0 Å². The topological polar surface area (TPSA) is 111 Å². The van der Waals surface area contributed by atoms with Gasteiger partial charge in [-0.1, -0.05) is 0 Å². The number of hydrogen-bond acceptors (Lipinski definition) is 6. The van der Waals surface area contributed by atoms with Crippen molar-refractivity contribution in [3.05, 3.63) is 33.9 Å². The molecule has 1 aliphatic heterocycles. The summed E-state index contributed by atoms with van der Waals surface area (Å²) in [7, 11) is 1.51. The van der Waals surface area contributed by atoms with E-state index in [-0.39, 0.29) is 5.69 Å². The van der Waals surface area contributed by atoms with Crippen molar-refractivity contribution in [3.8, 4) is 5.75 Å². The van der Waals surface area contributed by atoms with Crippen LogP contribution in [0.15, 0.2) is 18.2 Å². The highest BCUT2D eigenvalue weighted by Gasteiger charge is 2.27. The molecule has 0 aliphatic carbocycles. The van der Waals surface area contributed by atoms with Crippen LogP contribution in [0.4, 0.5) is 5.69 Å². The number of methoxy groups -OCH3 is 1. The van der Waals surface area contributed by atoms with Crippen molar-refractivity contribution in [3.63, 3.8) is 0 Å². The number of carbonyl (C=O) groups excluding carboxylic acids is 1. The molecule has 1 fully saturated rings. The Bertz CT molecular complexity index is 549. The Morgan fingerprint density at radius 1 is 1.62 bits per heavy atom. The summed E-state index contributed by atoms with van der Waals surface area (Å²) < 4.78 is 5.24. The fraction of sp³-hybridized carbons (Fsp3) is 0.462. The Morgan fingerprint density at radius 2 is 2.38 bits per heavy atom. The van der Waals surface area contributed by atoms with Crippen LogP contribution in [0, 0.1) is 10.1 Å². The van der Waals surface area contributed by atoms with Gasteiger partial charge in [-0.3, -0.25) is 19.8 Å². The third-order valence-corrected chi connectivity index (χ3v) is 3.53. The third kappa shape index (κ3) is 3.47. The number of amides is 1. The van der Waals surface area contributed by atoms with Crippen molar-refractivity contribution < 1.29 is 14.5 Å². The molecule has 114 valence electrons. The molecule has 0 radical (unpaired) electrons. The lowest BCUT2D eigenvalue weighted by Crippen LogP contribution is -2.56. The molecule has 1 heterocycles. The predicted octanol–water partition coefficient (Wildman–Crippen LogP) is -0.137. The number of ether oxygens (including phenoxy) is 1. The average molecular weight is 294 g/mol. The van der Waals surface area contributed by atoms with Gasteiger partial charge in [0.2, 0.25) is 5.91 Å². The molecule has 1 aromatic rings. The number of nitrogens with two attached hydrogens (primary N) is 1. The molecule has 0 bridgehead atoms. The number of nitro benzene ring substituents is 1. The van der Waals surface area contributed by atoms with Gasteiger partial charge in [0, 0.05) is 43.9 Å². The Balaban J connectivity index is 2.25. The second-order valence-corrected chi connectivity index (χ2v) is 4.85. The summed E-state index contributed by atoms with van der Waals surface area (Å²) in [5.74, 6) is 0.147. The molecule has 0 saturated carbocycles. The quantitative estimate of drug-likeness (QED) is 0.578. The molecule has 1 atom stereocenters. The maximum atomic E-state index is 11.5. The van der Waals surface area contributed by atoms with E-state index in [4.69, 9.17) is 10.5 Å². The van der Waals surface area contributed by atoms with Gasteiger partial charge in [0.05, 0.1) is 12.0 Å². The molecular weight excluding hydrogens is 276 g/mol. The lowest BCUT2D eigenvalue weighted by Gasteiger charge is -2.34. The summed E-state index contributed by atoms with van der Waals surface area (Å²) in [6.07, 6.45) is 0. The van der Waals surface area contributed by atoms with Gasteiger partial charge in [0.1, 0.15) is 11.8 Å². The molecule has 0 spiro atoms. The number of primary amides is 1. The van der Waals surface area contributed by atoms with Crippen molar-refractivity contribution in [2.24, 2.45) is 5.73 Å². The summed E-state index contributed by atoms with van der Waals surface area (Å²) in [4.78, 5) is 23.8. The Kier molecular flexibility index (Phi) is 4.71. The van der Waals surface area contributed by atoms with Crippen molar-refractivity contribution in [2.45, 2.75) is 12.6 Å². The smallest absolute Gasteiger partial charge is 0.270 e. The number of piperazine rings is 1. The summed E-state index contributed by atoms with van der Waals surface area (Å²) in [6.45, 7) is 2.23. The molecule has 21 heavy (non-hydrogen) atoms. The van der Waals surface area contributed by atoms with Gasteiger partial charge in [0.25, 0.3) is 5.69 Å². The third-order valence-electron chi connectivity index (χ3n) is 3.53. The molecule has 1 aliphatic rings. The Morgan fingerprint density at radius 3 is 3.00 bits per heavy atom. The van der Waals surface area contributed by atoms with Crippen LogP contribution in [-0.2, 0) is 11.3 Å². The largest absolute Gasteiger partial charge is 0.496 e. The first-order chi connectivity index (χ1) is 10.0. The highest BCUT2D eigenvalue weighted by molar-refractivity contribution is 5.80. The minimum Gasteiger partial charge on any atom is -0.496 e. The van der Waals surface area contributed by atoms with E-state index in [0.717, 1.165) is 6.54 Å². The van der Waals surface area contributed by atoms with E-state index in [1.807, 2.05) is 4.90 Å². The number of non-ortho nitro benzene ring substituents is 1. The van der Waals surface area contributed by atoms with Gasteiger partial charge >= 0.3 is 0 Å². The number of hydrogen-bond donors (Lipinski definition) is 2. The molecule has 8 heteroatoms. The van der Waals surface area contributed by atoms with E-state index in [1.165, 1.54) is 19.2 Å². The lowest BCUT2D eigenvalue weighted by molar-refractivity contribution is -0.385. The SMILES string of the molecule is COc1ccc([N+](=O)[O-])cc1CN1CCNCC1C(N)=O. The number of benzene rings is 1. The maximum Gasteiger partial charge on any atom is 0.270 e. The van der Waals surface area contributed by atoms with Crippen LogP contribution in [-0.4, -0.2) is 48.5 Å². The minimum absolute atomic E-state index is 0.00319. The number of nitrogens with one attached hydrogen (secondary N) is 1. The van der Waals surface area contributed by atoms with Crippen LogP contribution in [0.5, 0.6) is 5.75 Å². The molecule has 1 saturated heterocycles. The molecule has 2 rings (SSSR count). The molecule has 1 aromatic carbocycles. The molecule has 1 amide bonds. The monoisotopic (exact) mass is 294 g/mol. The van der Waals surface area contributed by atoms with Crippen molar-refractivity contribution in [2.75, 3.05) is 26.7 Å². The maximum absolute atomic E-state index is 11.5. The molecule has 0 aromatic heterocycles. The van der Waals surface area contributed by atoms with Gasteiger partial charge in [-0.05, 0) is 6.07 Å². The number of carbonyl (C=O) groups is 1. The van der Waals surface area contributed by atoms with Crippen LogP contribution < -0.4 is 15.8 Å². The molecule has 8 nitrogen and oxygen atoms in total. The fourth-order valence-corrected chi connectivity index (χ4v) is 2.44. The molecule has 1 unspecified atom stereocenters. The summed E-state index contributed by atoms with van der Waals surface area (Å²) >= 11 is 0. The lowest BCUT2D eigenvalue weighted by atomic mass is 10.1. The van der Waals surface area contributed by atoms with Gasteiger partial charge in [-0.2, -0.15) is 0 Å². The first kappa shape index (κ1) is 15.2. The summed E-state index contributed by atoms with van der Waals surface area (Å²) in [5, 5.41) is 14.0. The average Bonchev–Trinajstić information content (AvgIpc) is 2.47. The Labute approximate surface area is 122 Å². The number of rotatable bonds is 5. The second kappa shape index (κ2) is 6.51. The van der Waals surface area contributed by atoms with Crippen molar-refractivity contribution in [1.82, 2.24) is 10.2 Å². The fourth-order valence-electron chi connectivity index (χ4n) is 2.44. The highest BCUT2D eigenvalue weighted by atomic mass is 16.6. The van der Waals surface area contributed by atoms with E-state index in [0.29, 0.717) is 30.9 Å². The van der Waals surface area contributed by atoms with Crippen LogP contribution in [0.1, 0.15) is 5.56 Å². The number of nitro groups is 1. The summed E-state index contributed by atoms with van der Waals surface area (Å²) in [5.41, 5.74) is 6.06. The van der Waals surface area contributed by atoms with Gasteiger partial charge < -0.3 is 15.8 Å². The number of nitrogens with zero attached hydrogens (tertiary/aromatic N) is 2. The van der Waals surface area contributed by atoms with Crippen LogP contribution >= 0.6 is 0 Å². The first-order valence-electron chi connectivity index (χ1n) is 6.58. The van der Waals surface area contributed by atoms with E-state index >= 15 is 0 Å². The first-order valence-corrected chi connectivity index (χ1v) is 6.58. The second-order valence-electron chi connectivity index (χ2n) is 4.85. The minimum atomic E-state index is -0.452. The normalized spacial score (nSPS) is 19.2. The van der Waals surface area contributed by atoms with Crippen LogP contribution in [0.25, 0.3) is 0 Å². The van der Waals surface area contributed by atoms with E-state index in [1.54, 1.807) is 6.07 Å². The Hall–Kier alpha value is -2.19. The van der Waals surface area contributed by atoms with E-state index < -0.39 is 16.9 Å².